The predicted octanol–water partition coefficient (Wildman–Crippen LogP) is 16.4. The van der Waals surface area contributed by atoms with Crippen molar-refractivity contribution < 1.29 is 0 Å². The van der Waals surface area contributed by atoms with Crippen LogP contribution in [-0.2, 0) is 0 Å². The number of rotatable bonds is 11. The molecule has 0 bridgehead atoms. The molecule has 13 aromatic rings. The summed E-state index contributed by atoms with van der Waals surface area (Å²) in [5.41, 5.74) is 19.6. The number of hydrogen-bond acceptors (Lipinski definition) is 5. The predicted molar refractivity (Wildman–Crippen MR) is 301 cm³/mol. The number of imidazole rings is 2. The van der Waals surface area contributed by atoms with Gasteiger partial charge in [-0.2, -0.15) is 0 Å². The lowest BCUT2D eigenvalue weighted by Crippen LogP contribution is -2.00. The Morgan fingerprint density at radius 2 is 0.757 bits per heavy atom. The summed E-state index contributed by atoms with van der Waals surface area (Å²) >= 11 is 0. The van der Waals surface area contributed by atoms with Crippen LogP contribution in [0.3, 0.4) is 0 Å². The van der Waals surface area contributed by atoms with E-state index in [1.165, 1.54) is 5.56 Å². The van der Waals surface area contributed by atoms with Gasteiger partial charge in [0.15, 0.2) is 0 Å². The maximum absolute atomic E-state index is 5.14. The minimum absolute atomic E-state index is 0.806. The average molecular weight is 948 g/mol. The summed E-state index contributed by atoms with van der Waals surface area (Å²) in [5, 5.41) is 1.11. The number of fused-ring (bicyclic) bond motifs is 1. The minimum Gasteiger partial charge on any atom is -0.300 e. The molecule has 348 valence electrons. The van der Waals surface area contributed by atoms with Crippen LogP contribution in [0, 0.1) is 0 Å². The van der Waals surface area contributed by atoms with Gasteiger partial charge in [0.05, 0.1) is 22.6 Å². The highest BCUT2D eigenvalue weighted by molar-refractivity contribution is 5.95. The quantitative estimate of drug-likeness (QED) is 0.129. The van der Waals surface area contributed by atoms with E-state index in [2.05, 4.69) is 213 Å². The zero-order valence-electron chi connectivity index (χ0n) is 40.1. The molecule has 0 fully saturated rings. The molecule has 5 aromatic heterocycles. The van der Waals surface area contributed by atoms with E-state index in [0.29, 0.717) is 0 Å². The van der Waals surface area contributed by atoms with Gasteiger partial charge < -0.3 is 0 Å². The number of nitrogens with zero attached hydrogens (tertiary/aromatic N) is 7. The van der Waals surface area contributed by atoms with Crippen LogP contribution in [0.15, 0.2) is 274 Å². The van der Waals surface area contributed by atoms with Gasteiger partial charge in [-0.05, 0) is 129 Å². The van der Waals surface area contributed by atoms with Gasteiger partial charge in [0.2, 0.25) is 0 Å². The summed E-state index contributed by atoms with van der Waals surface area (Å²) in [6.45, 7) is 0. The van der Waals surface area contributed by atoms with Gasteiger partial charge in [0, 0.05) is 81.8 Å². The lowest BCUT2D eigenvalue weighted by atomic mass is 9.87. The molecule has 74 heavy (non-hydrogen) atoms. The van der Waals surface area contributed by atoms with E-state index in [4.69, 9.17) is 15.0 Å². The van der Waals surface area contributed by atoms with Crippen LogP contribution in [0.2, 0.25) is 0 Å². The Morgan fingerprint density at radius 1 is 0.257 bits per heavy atom. The van der Waals surface area contributed by atoms with Crippen LogP contribution in [-0.4, -0.2) is 34.1 Å². The molecule has 0 saturated heterocycles. The molecule has 0 aliphatic heterocycles. The molecule has 5 heterocycles. The summed E-state index contributed by atoms with van der Waals surface area (Å²) < 4.78 is 4.30. The molecule has 0 atom stereocenters. The fourth-order valence-electron chi connectivity index (χ4n) is 9.99. The third-order valence-electron chi connectivity index (χ3n) is 13.7. The number of aromatic nitrogens is 7. The van der Waals surface area contributed by atoms with Crippen molar-refractivity contribution >= 4 is 10.9 Å². The molecule has 0 saturated carbocycles. The summed E-state index contributed by atoms with van der Waals surface area (Å²) in [5.74, 6) is 1.61. The first-order valence-electron chi connectivity index (χ1n) is 24.7. The van der Waals surface area contributed by atoms with Gasteiger partial charge >= 0.3 is 0 Å². The topological polar surface area (TPSA) is 74.3 Å². The number of pyridine rings is 3. The molecule has 7 heteroatoms. The third-order valence-corrected chi connectivity index (χ3v) is 13.7. The van der Waals surface area contributed by atoms with E-state index in [9.17, 15) is 0 Å². The monoisotopic (exact) mass is 947 g/mol. The standard InChI is InChI=1S/C67H45N7/c1-2-12-46(13-3-1)47-20-22-48(23-21-47)61-45-52(65-35-29-49-14-4-7-19-64(49)72-65)28-34-60(61)59-16-6-5-15-58(59)53-42-54(66-70-38-40-73(66)56-30-24-50(25-31-56)62-17-8-10-36-68-62)44-55(43-53)67-71-39-41-74(67)57-32-26-51(27-33-57)63-18-9-11-37-69-63/h1-45H. The van der Waals surface area contributed by atoms with Crippen molar-refractivity contribution in [3.63, 3.8) is 0 Å². The molecule has 0 aliphatic rings. The van der Waals surface area contributed by atoms with Crippen LogP contribution >= 0.6 is 0 Å². The highest BCUT2D eigenvalue weighted by Gasteiger charge is 2.20. The van der Waals surface area contributed by atoms with Gasteiger partial charge in [0.1, 0.15) is 11.6 Å². The average Bonchev–Trinajstić information content (AvgIpc) is 4.20. The molecule has 0 radical (unpaired) electrons. The molecule has 13 rings (SSSR count). The Balaban J connectivity index is 0.968. The number of benzene rings is 8. The van der Waals surface area contributed by atoms with Crippen molar-refractivity contribution in [2.24, 2.45) is 0 Å². The first kappa shape index (κ1) is 43.9. The minimum atomic E-state index is 0.806. The fraction of sp³-hybridized carbons (Fsp3) is 0. The number of hydrogen-bond donors (Lipinski definition) is 0. The van der Waals surface area contributed by atoms with Crippen molar-refractivity contribution in [3.8, 4) is 112 Å². The highest BCUT2D eigenvalue weighted by Crippen LogP contribution is 2.43. The Labute approximate surface area is 429 Å². The number of para-hydroxylation sites is 1. The largest absolute Gasteiger partial charge is 0.300 e. The van der Waals surface area contributed by atoms with E-state index in [0.717, 1.165) is 118 Å². The second-order valence-electron chi connectivity index (χ2n) is 18.2. The van der Waals surface area contributed by atoms with Gasteiger partial charge in [0.25, 0.3) is 0 Å². The van der Waals surface area contributed by atoms with Crippen molar-refractivity contribution in [1.82, 2.24) is 34.1 Å². The Kier molecular flexibility index (Phi) is 11.4. The first-order chi connectivity index (χ1) is 36.7. The summed E-state index contributed by atoms with van der Waals surface area (Å²) in [6.07, 6.45) is 11.4. The van der Waals surface area contributed by atoms with Crippen LogP contribution in [0.5, 0.6) is 0 Å². The SMILES string of the molecule is c1ccc(-c2ccc(-c3cc(-c4ccc5ccccc5n4)ccc3-c3ccccc3-c3cc(-c4nccn4-c4ccc(-c5ccccn5)cc4)cc(-c4nccn4-c4ccc(-c5ccccn5)cc4)c3)cc2)cc1. The van der Waals surface area contributed by atoms with Crippen LogP contribution in [0.1, 0.15) is 0 Å². The van der Waals surface area contributed by atoms with E-state index in [-0.39, 0.29) is 0 Å². The van der Waals surface area contributed by atoms with Crippen LogP contribution in [0.4, 0.5) is 0 Å². The van der Waals surface area contributed by atoms with Crippen molar-refractivity contribution in [1.29, 1.82) is 0 Å². The van der Waals surface area contributed by atoms with E-state index in [1.807, 2.05) is 79.6 Å². The lowest BCUT2D eigenvalue weighted by Gasteiger charge is -2.18. The first-order valence-corrected chi connectivity index (χ1v) is 24.7. The molecule has 0 amide bonds. The summed E-state index contributed by atoms with van der Waals surface area (Å²) in [7, 11) is 0. The Bertz CT molecular complexity index is 3950. The fourth-order valence-corrected chi connectivity index (χ4v) is 9.99. The maximum atomic E-state index is 5.14. The Hall–Kier alpha value is -10.1. The van der Waals surface area contributed by atoms with Gasteiger partial charge in [-0.15, -0.1) is 0 Å². The van der Waals surface area contributed by atoms with Gasteiger partial charge in [-0.1, -0.05) is 152 Å². The normalized spacial score (nSPS) is 11.2. The van der Waals surface area contributed by atoms with Gasteiger partial charge in [-0.3, -0.25) is 19.1 Å². The van der Waals surface area contributed by atoms with Crippen LogP contribution < -0.4 is 0 Å². The van der Waals surface area contributed by atoms with E-state index < -0.39 is 0 Å². The second-order valence-corrected chi connectivity index (χ2v) is 18.2. The molecular formula is C67H45N7. The molecule has 8 aromatic carbocycles. The molecule has 0 aliphatic carbocycles. The zero-order chi connectivity index (χ0) is 49.2. The molecule has 7 nitrogen and oxygen atoms in total. The van der Waals surface area contributed by atoms with Crippen molar-refractivity contribution in [3.05, 3.63) is 274 Å². The Morgan fingerprint density at radius 3 is 1.38 bits per heavy atom. The van der Waals surface area contributed by atoms with E-state index in [1.54, 1.807) is 0 Å². The summed E-state index contributed by atoms with van der Waals surface area (Å²) in [4.78, 5) is 24.4. The van der Waals surface area contributed by atoms with Gasteiger partial charge in [-0.25, -0.2) is 15.0 Å². The summed E-state index contributed by atoms with van der Waals surface area (Å²) in [6, 6.07) is 83.2. The second kappa shape index (κ2) is 19.2. The van der Waals surface area contributed by atoms with Crippen molar-refractivity contribution in [2.45, 2.75) is 0 Å². The maximum Gasteiger partial charge on any atom is 0.144 e. The van der Waals surface area contributed by atoms with Crippen molar-refractivity contribution in [2.75, 3.05) is 0 Å². The molecule has 0 N–H and O–H groups in total. The highest BCUT2D eigenvalue weighted by atomic mass is 15.1. The zero-order valence-corrected chi connectivity index (χ0v) is 40.1. The molecule has 0 spiro atoms. The molecular weight excluding hydrogens is 903 g/mol. The smallest absolute Gasteiger partial charge is 0.144 e. The molecule has 0 unspecified atom stereocenters. The lowest BCUT2D eigenvalue weighted by molar-refractivity contribution is 1.06. The van der Waals surface area contributed by atoms with E-state index >= 15 is 0 Å². The third kappa shape index (κ3) is 8.54. The van der Waals surface area contributed by atoms with Crippen LogP contribution in [0.25, 0.3) is 123 Å².